The van der Waals surface area contributed by atoms with Gasteiger partial charge in [0.1, 0.15) is 17.4 Å². The van der Waals surface area contributed by atoms with Gasteiger partial charge in [-0.2, -0.15) is 5.26 Å². The molecule has 28 heavy (non-hydrogen) atoms. The van der Waals surface area contributed by atoms with E-state index >= 15 is 0 Å². The van der Waals surface area contributed by atoms with Crippen LogP contribution in [0.25, 0.3) is 0 Å². The summed E-state index contributed by atoms with van der Waals surface area (Å²) in [6.45, 7) is 1.44. The molecule has 0 aliphatic rings. The lowest BCUT2D eigenvalue weighted by Gasteiger charge is -2.16. The number of pyridine rings is 2. The van der Waals surface area contributed by atoms with Gasteiger partial charge in [-0.05, 0) is 36.2 Å². The maximum absolute atomic E-state index is 13.2. The summed E-state index contributed by atoms with van der Waals surface area (Å²) in [4.78, 5) is 29.9. The number of nitriles is 1. The van der Waals surface area contributed by atoms with Gasteiger partial charge >= 0.3 is 0 Å². The summed E-state index contributed by atoms with van der Waals surface area (Å²) in [5.74, 6) is -0.708. The summed E-state index contributed by atoms with van der Waals surface area (Å²) in [5.41, 5.74) is 0.0213. The number of methoxy groups -OCH3 is 1. The minimum Gasteiger partial charge on any atom is -0.496 e. The van der Waals surface area contributed by atoms with E-state index in [1.807, 2.05) is 6.07 Å². The molecule has 0 saturated carbocycles. The summed E-state index contributed by atoms with van der Waals surface area (Å²) in [6.07, 6.45) is 3.12. The van der Waals surface area contributed by atoms with Crippen molar-refractivity contribution in [3.63, 3.8) is 0 Å². The van der Waals surface area contributed by atoms with Gasteiger partial charge in [0, 0.05) is 12.4 Å². The SMILES string of the molecule is COc1ccccc1C(=O)c1c(C)c(C#N)c(=O)n(Cc2cccnc2)c1O. The third-order valence-corrected chi connectivity index (χ3v) is 4.44. The fourth-order valence-corrected chi connectivity index (χ4v) is 3.01. The molecular formula is C21H17N3O4. The molecule has 0 radical (unpaired) electrons. The summed E-state index contributed by atoms with van der Waals surface area (Å²) < 4.78 is 6.23. The summed E-state index contributed by atoms with van der Waals surface area (Å²) >= 11 is 0. The van der Waals surface area contributed by atoms with Crippen LogP contribution >= 0.6 is 0 Å². The highest BCUT2D eigenvalue weighted by Gasteiger charge is 2.26. The topological polar surface area (TPSA) is 105 Å². The second-order valence-corrected chi connectivity index (χ2v) is 6.09. The van der Waals surface area contributed by atoms with Crippen LogP contribution < -0.4 is 10.3 Å². The molecule has 0 fully saturated rings. The largest absolute Gasteiger partial charge is 0.496 e. The molecule has 3 aromatic rings. The highest BCUT2D eigenvalue weighted by atomic mass is 16.5. The number of hydrogen-bond acceptors (Lipinski definition) is 6. The predicted octanol–water partition coefficient (Wildman–Crippen LogP) is 2.42. The number of aromatic hydroxyl groups is 1. The predicted molar refractivity (Wildman–Crippen MR) is 102 cm³/mol. The van der Waals surface area contributed by atoms with Crippen molar-refractivity contribution in [3.8, 4) is 17.7 Å². The second kappa shape index (κ2) is 7.76. The first-order valence-corrected chi connectivity index (χ1v) is 8.42. The fourth-order valence-electron chi connectivity index (χ4n) is 3.01. The number of ether oxygens (including phenoxy) is 1. The first-order chi connectivity index (χ1) is 13.5. The van der Waals surface area contributed by atoms with Crippen LogP contribution in [-0.2, 0) is 6.54 Å². The van der Waals surface area contributed by atoms with Crippen molar-refractivity contribution in [2.75, 3.05) is 7.11 Å². The Kier molecular flexibility index (Phi) is 5.23. The third-order valence-electron chi connectivity index (χ3n) is 4.44. The second-order valence-electron chi connectivity index (χ2n) is 6.09. The molecule has 0 amide bonds. The van der Waals surface area contributed by atoms with Crippen molar-refractivity contribution < 1.29 is 14.6 Å². The van der Waals surface area contributed by atoms with E-state index in [-0.39, 0.29) is 28.8 Å². The van der Waals surface area contributed by atoms with Crippen LogP contribution in [0.5, 0.6) is 11.6 Å². The molecule has 140 valence electrons. The Hall–Kier alpha value is -3.92. The lowest BCUT2D eigenvalue weighted by atomic mass is 9.96. The van der Waals surface area contributed by atoms with Gasteiger partial charge in [-0.1, -0.05) is 18.2 Å². The first kappa shape index (κ1) is 18.9. The Morgan fingerprint density at radius 3 is 2.68 bits per heavy atom. The van der Waals surface area contributed by atoms with Gasteiger partial charge in [-0.15, -0.1) is 0 Å². The molecule has 7 heteroatoms. The van der Waals surface area contributed by atoms with E-state index in [2.05, 4.69) is 4.98 Å². The maximum atomic E-state index is 13.2. The lowest BCUT2D eigenvalue weighted by Crippen LogP contribution is -2.27. The minimum atomic E-state index is -0.669. The zero-order valence-electron chi connectivity index (χ0n) is 15.3. The minimum absolute atomic E-state index is 0.0281. The number of carbonyl (C=O) groups excluding carboxylic acids is 1. The Bertz CT molecular complexity index is 1140. The van der Waals surface area contributed by atoms with Crippen LogP contribution in [0.1, 0.15) is 32.6 Å². The smallest absolute Gasteiger partial charge is 0.271 e. The van der Waals surface area contributed by atoms with E-state index in [0.29, 0.717) is 11.3 Å². The Morgan fingerprint density at radius 1 is 1.29 bits per heavy atom. The van der Waals surface area contributed by atoms with Crippen LogP contribution in [0, 0.1) is 18.3 Å². The van der Waals surface area contributed by atoms with Gasteiger partial charge < -0.3 is 9.84 Å². The molecule has 3 rings (SSSR count). The van der Waals surface area contributed by atoms with Crippen molar-refractivity contribution in [1.29, 1.82) is 5.26 Å². The third kappa shape index (κ3) is 3.23. The van der Waals surface area contributed by atoms with Crippen molar-refractivity contribution in [3.05, 3.63) is 87.0 Å². The normalized spacial score (nSPS) is 10.3. The van der Waals surface area contributed by atoms with E-state index in [0.717, 1.165) is 4.57 Å². The van der Waals surface area contributed by atoms with Gasteiger partial charge in [-0.3, -0.25) is 19.1 Å². The molecular weight excluding hydrogens is 358 g/mol. The molecule has 0 saturated heterocycles. The van der Waals surface area contributed by atoms with Crippen LogP contribution in [0.3, 0.4) is 0 Å². The molecule has 0 unspecified atom stereocenters. The van der Waals surface area contributed by atoms with Crippen molar-refractivity contribution in [2.45, 2.75) is 13.5 Å². The molecule has 1 N–H and O–H groups in total. The molecule has 7 nitrogen and oxygen atoms in total. The van der Waals surface area contributed by atoms with Crippen molar-refractivity contribution >= 4 is 5.78 Å². The average Bonchev–Trinajstić information content (AvgIpc) is 2.72. The standard InChI is InChI=1S/C21H17N3O4/c1-13-16(10-22)20(26)24(12-14-6-5-9-23-11-14)21(27)18(13)19(25)15-7-3-4-8-17(15)28-2/h3-9,11,27H,12H2,1-2H3. The van der Waals surface area contributed by atoms with Gasteiger partial charge in [0.05, 0.1) is 24.8 Å². The molecule has 0 spiro atoms. The Balaban J connectivity index is 2.24. The average molecular weight is 375 g/mol. The molecule has 0 aliphatic carbocycles. The number of aromatic nitrogens is 2. The Labute approximate surface area is 161 Å². The van der Waals surface area contributed by atoms with Crippen LogP contribution in [0.15, 0.2) is 53.6 Å². The van der Waals surface area contributed by atoms with E-state index in [4.69, 9.17) is 4.74 Å². The van der Waals surface area contributed by atoms with Gasteiger partial charge in [0.15, 0.2) is 0 Å². The Morgan fingerprint density at radius 2 is 2.04 bits per heavy atom. The summed E-state index contributed by atoms with van der Waals surface area (Å²) in [5, 5.41) is 20.3. The molecule has 2 aromatic heterocycles. The van der Waals surface area contributed by atoms with Crippen LogP contribution in [0.2, 0.25) is 0 Å². The number of carbonyl (C=O) groups is 1. The van der Waals surface area contributed by atoms with Crippen LogP contribution in [0.4, 0.5) is 0 Å². The first-order valence-electron chi connectivity index (χ1n) is 8.42. The van der Waals surface area contributed by atoms with Crippen LogP contribution in [-0.4, -0.2) is 27.6 Å². The number of benzene rings is 1. The zero-order chi connectivity index (χ0) is 20.3. The molecule has 0 atom stereocenters. The fraction of sp³-hybridized carbons (Fsp3) is 0.143. The zero-order valence-corrected chi connectivity index (χ0v) is 15.3. The van der Waals surface area contributed by atoms with Gasteiger partial charge in [-0.25, -0.2) is 0 Å². The van der Waals surface area contributed by atoms with E-state index < -0.39 is 17.2 Å². The summed E-state index contributed by atoms with van der Waals surface area (Å²) in [6, 6.07) is 11.8. The van der Waals surface area contributed by atoms with E-state index in [1.54, 1.807) is 48.8 Å². The number of ketones is 1. The quantitative estimate of drug-likeness (QED) is 0.687. The molecule has 1 aromatic carbocycles. The number of nitrogens with zero attached hydrogens (tertiary/aromatic N) is 3. The lowest BCUT2D eigenvalue weighted by molar-refractivity contribution is 0.103. The monoisotopic (exact) mass is 375 g/mol. The van der Waals surface area contributed by atoms with Crippen molar-refractivity contribution in [1.82, 2.24) is 9.55 Å². The highest BCUT2D eigenvalue weighted by molar-refractivity contribution is 6.13. The van der Waals surface area contributed by atoms with Crippen molar-refractivity contribution in [2.24, 2.45) is 0 Å². The van der Waals surface area contributed by atoms with Gasteiger partial charge in [0.25, 0.3) is 5.56 Å². The van der Waals surface area contributed by atoms with E-state index in [1.165, 1.54) is 14.0 Å². The highest BCUT2D eigenvalue weighted by Crippen LogP contribution is 2.29. The number of para-hydroxylation sites is 1. The molecule has 2 heterocycles. The molecule has 0 aliphatic heterocycles. The van der Waals surface area contributed by atoms with Gasteiger partial charge in [0.2, 0.25) is 11.7 Å². The number of rotatable bonds is 5. The summed E-state index contributed by atoms with van der Waals surface area (Å²) in [7, 11) is 1.43. The number of hydrogen-bond donors (Lipinski definition) is 1. The van der Waals surface area contributed by atoms with E-state index in [9.17, 15) is 20.0 Å². The maximum Gasteiger partial charge on any atom is 0.271 e. The molecule has 0 bridgehead atoms.